The van der Waals surface area contributed by atoms with Gasteiger partial charge in [-0.15, -0.1) is 0 Å². The van der Waals surface area contributed by atoms with E-state index in [2.05, 4.69) is 11.6 Å². The highest BCUT2D eigenvalue weighted by Gasteiger charge is 2.27. The topological polar surface area (TPSA) is 66.5 Å². The Morgan fingerprint density at radius 2 is 1.84 bits per heavy atom. The van der Waals surface area contributed by atoms with Crippen LogP contribution in [0.2, 0.25) is 5.02 Å². The maximum Gasteiger partial charge on any atom is 0.255 e. The molecule has 7 heteroatoms. The monoisotopic (exact) mass is 386 g/mol. The van der Waals surface area contributed by atoms with Crippen LogP contribution in [0.3, 0.4) is 0 Å². The van der Waals surface area contributed by atoms with Crippen molar-refractivity contribution >= 4 is 27.5 Å². The van der Waals surface area contributed by atoms with E-state index in [1.807, 2.05) is 0 Å². The highest BCUT2D eigenvalue weighted by atomic mass is 35.5. The normalized spacial score (nSPS) is 21.4. The van der Waals surface area contributed by atoms with Crippen LogP contribution in [0, 0.1) is 5.92 Å². The predicted molar refractivity (Wildman–Crippen MR) is 100 cm³/mol. The van der Waals surface area contributed by atoms with Crippen molar-refractivity contribution in [3.63, 3.8) is 0 Å². The minimum absolute atomic E-state index is 0.0552. The SMILES string of the molecule is CC1CCC(N(C)C(=O)c2cc(S(=O)(=O)NC(C)C)ccc2Cl)CC1. The van der Waals surface area contributed by atoms with Gasteiger partial charge in [-0.2, -0.15) is 0 Å². The first kappa shape index (κ1) is 20.2. The zero-order valence-corrected chi connectivity index (χ0v) is 16.8. The van der Waals surface area contributed by atoms with Gasteiger partial charge in [0, 0.05) is 19.1 Å². The molecule has 0 unspecified atom stereocenters. The average molecular weight is 387 g/mol. The van der Waals surface area contributed by atoms with Gasteiger partial charge in [-0.05, 0) is 63.6 Å². The molecular formula is C18H27ClN2O3S. The zero-order chi connectivity index (χ0) is 18.8. The molecule has 140 valence electrons. The van der Waals surface area contributed by atoms with Crippen LogP contribution in [0.25, 0.3) is 0 Å². The number of carbonyl (C=O) groups excluding carboxylic acids is 1. The third-order valence-corrected chi connectivity index (χ3v) is 6.71. The second-order valence-corrected chi connectivity index (χ2v) is 9.37. The average Bonchev–Trinajstić information content (AvgIpc) is 2.53. The Morgan fingerprint density at radius 3 is 2.40 bits per heavy atom. The number of hydrogen-bond acceptors (Lipinski definition) is 3. The van der Waals surface area contributed by atoms with E-state index >= 15 is 0 Å². The van der Waals surface area contributed by atoms with Crippen molar-refractivity contribution in [1.29, 1.82) is 0 Å². The lowest BCUT2D eigenvalue weighted by Crippen LogP contribution is -2.39. The summed E-state index contributed by atoms with van der Waals surface area (Å²) < 4.78 is 27.2. The summed E-state index contributed by atoms with van der Waals surface area (Å²) in [5, 5.41) is 0.268. The summed E-state index contributed by atoms with van der Waals surface area (Å²) >= 11 is 6.19. The van der Waals surface area contributed by atoms with E-state index < -0.39 is 10.0 Å². The van der Waals surface area contributed by atoms with Gasteiger partial charge in [-0.25, -0.2) is 13.1 Å². The minimum atomic E-state index is -3.67. The number of sulfonamides is 1. The largest absolute Gasteiger partial charge is 0.339 e. The van der Waals surface area contributed by atoms with E-state index in [-0.39, 0.29) is 33.5 Å². The first-order valence-electron chi connectivity index (χ1n) is 8.71. The molecule has 0 aliphatic heterocycles. The number of benzene rings is 1. The Morgan fingerprint density at radius 1 is 1.24 bits per heavy atom. The van der Waals surface area contributed by atoms with Crippen molar-refractivity contribution in [2.75, 3.05) is 7.05 Å². The Hall–Kier alpha value is -1.11. The molecule has 0 saturated heterocycles. The predicted octanol–water partition coefficient (Wildman–Crippen LogP) is 3.68. The Labute approximate surface area is 155 Å². The summed E-state index contributed by atoms with van der Waals surface area (Å²) in [5.74, 6) is 0.463. The summed E-state index contributed by atoms with van der Waals surface area (Å²) in [6.07, 6.45) is 4.13. The highest BCUT2D eigenvalue weighted by molar-refractivity contribution is 7.89. The molecule has 1 aliphatic rings. The lowest BCUT2D eigenvalue weighted by molar-refractivity contribution is 0.0679. The van der Waals surface area contributed by atoms with Crippen LogP contribution in [0.5, 0.6) is 0 Å². The third kappa shape index (κ3) is 4.96. The lowest BCUT2D eigenvalue weighted by atomic mass is 9.86. The van der Waals surface area contributed by atoms with Gasteiger partial charge in [0.25, 0.3) is 5.91 Å². The number of halogens is 1. The quantitative estimate of drug-likeness (QED) is 0.839. The molecule has 1 aliphatic carbocycles. The van der Waals surface area contributed by atoms with Gasteiger partial charge in [0.1, 0.15) is 0 Å². The van der Waals surface area contributed by atoms with E-state index in [0.717, 1.165) is 25.7 Å². The van der Waals surface area contributed by atoms with E-state index in [1.165, 1.54) is 18.2 Å². The summed E-state index contributed by atoms with van der Waals surface area (Å²) in [6, 6.07) is 4.21. The molecule has 0 bridgehead atoms. The van der Waals surface area contributed by atoms with Crippen molar-refractivity contribution in [1.82, 2.24) is 9.62 Å². The van der Waals surface area contributed by atoms with Gasteiger partial charge in [0.15, 0.2) is 0 Å². The van der Waals surface area contributed by atoms with Crippen molar-refractivity contribution < 1.29 is 13.2 Å². The Balaban J connectivity index is 2.26. The maximum atomic E-state index is 12.9. The standard InChI is InChI=1S/C18H27ClN2O3S/c1-12(2)20-25(23,24)15-9-10-17(19)16(11-15)18(22)21(4)14-7-5-13(3)6-8-14/h9-14,20H,5-8H2,1-4H3. The van der Waals surface area contributed by atoms with Crippen LogP contribution in [0.1, 0.15) is 56.8 Å². The van der Waals surface area contributed by atoms with Crippen molar-refractivity contribution in [2.45, 2.75) is 63.4 Å². The molecule has 1 fully saturated rings. The van der Waals surface area contributed by atoms with Gasteiger partial charge in [0.05, 0.1) is 15.5 Å². The molecule has 0 heterocycles. The second-order valence-electron chi connectivity index (χ2n) is 7.25. The van der Waals surface area contributed by atoms with Gasteiger partial charge in [-0.3, -0.25) is 4.79 Å². The van der Waals surface area contributed by atoms with Crippen molar-refractivity contribution in [2.24, 2.45) is 5.92 Å². The fourth-order valence-electron chi connectivity index (χ4n) is 3.20. The summed E-state index contributed by atoms with van der Waals surface area (Å²) in [6.45, 7) is 5.72. The number of nitrogens with zero attached hydrogens (tertiary/aromatic N) is 1. The van der Waals surface area contributed by atoms with Gasteiger partial charge in [0.2, 0.25) is 10.0 Å². The van der Waals surface area contributed by atoms with E-state index in [0.29, 0.717) is 5.92 Å². The van der Waals surface area contributed by atoms with Gasteiger partial charge >= 0.3 is 0 Å². The highest BCUT2D eigenvalue weighted by Crippen LogP contribution is 2.29. The summed E-state index contributed by atoms with van der Waals surface area (Å²) in [4.78, 5) is 14.6. The molecule has 5 nitrogen and oxygen atoms in total. The summed E-state index contributed by atoms with van der Waals surface area (Å²) in [7, 11) is -1.90. The van der Waals surface area contributed by atoms with Crippen LogP contribution in [0.15, 0.2) is 23.1 Å². The molecule has 1 aromatic carbocycles. The zero-order valence-electron chi connectivity index (χ0n) is 15.3. The molecule has 1 saturated carbocycles. The number of nitrogens with one attached hydrogen (secondary N) is 1. The Kier molecular flexibility index (Phi) is 6.51. The number of rotatable bonds is 5. The smallest absolute Gasteiger partial charge is 0.255 e. The molecule has 1 amide bonds. The van der Waals surface area contributed by atoms with Gasteiger partial charge in [-0.1, -0.05) is 18.5 Å². The van der Waals surface area contributed by atoms with Crippen molar-refractivity contribution in [3.05, 3.63) is 28.8 Å². The maximum absolute atomic E-state index is 12.9. The summed E-state index contributed by atoms with van der Waals surface area (Å²) in [5.41, 5.74) is 0.231. The van der Waals surface area contributed by atoms with Gasteiger partial charge < -0.3 is 4.90 Å². The van der Waals surface area contributed by atoms with E-state index in [9.17, 15) is 13.2 Å². The second kappa shape index (κ2) is 8.06. The molecule has 1 aromatic rings. The number of amides is 1. The number of carbonyl (C=O) groups is 1. The molecule has 2 rings (SSSR count). The molecule has 0 radical (unpaired) electrons. The molecule has 1 N–H and O–H groups in total. The fraction of sp³-hybridized carbons (Fsp3) is 0.611. The lowest BCUT2D eigenvalue weighted by Gasteiger charge is -2.33. The van der Waals surface area contributed by atoms with Crippen molar-refractivity contribution in [3.8, 4) is 0 Å². The van der Waals surface area contributed by atoms with Crippen LogP contribution < -0.4 is 4.72 Å². The fourth-order valence-corrected chi connectivity index (χ4v) is 4.67. The first-order valence-corrected chi connectivity index (χ1v) is 10.6. The van der Waals surface area contributed by atoms with Crippen LogP contribution >= 0.6 is 11.6 Å². The van der Waals surface area contributed by atoms with Crippen LogP contribution in [0.4, 0.5) is 0 Å². The molecular weight excluding hydrogens is 360 g/mol. The minimum Gasteiger partial charge on any atom is -0.339 e. The molecule has 0 atom stereocenters. The third-order valence-electron chi connectivity index (χ3n) is 4.72. The first-order chi connectivity index (χ1) is 11.6. The Bertz CT molecular complexity index is 726. The molecule has 0 spiro atoms. The van der Waals surface area contributed by atoms with E-state index in [4.69, 9.17) is 11.6 Å². The van der Waals surface area contributed by atoms with Crippen LogP contribution in [-0.4, -0.2) is 38.4 Å². The molecule has 25 heavy (non-hydrogen) atoms. The molecule has 0 aromatic heterocycles. The number of hydrogen-bond donors (Lipinski definition) is 1. The van der Waals surface area contributed by atoms with E-state index in [1.54, 1.807) is 25.8 Å². The van der Waals surface area contributed by atoms with Crippen LogP contribution in [-0.2, 0) is 10.0 Å².